The SMILES string of the molecule is CCC(C)C(=O)NC(C)CCN. The lowest BCUT2D eigenvalue weighted by atomic mass is 10.1. The van der Waals surface area contributed by atoms with Crippen molar-refractivity contribution in [2.24, 2.45) is 11.7 Å². The number of nitrogens with one attached hydrogen (secondary N) is 1. The van der Waals surface area contributed by atoms with Crippen LogP contribution < -0.4 is 11.1 Å². The lowest BCUT2D eigenvalue weighted by Gasteiger charge is -2.15. The summed E-state index contributed by atoms with van der Waals surface area (Å²) in [6.45, 7) is 6.55. The minimum Gasteiger partial charge on any atom is -0.353 e. The zero-order valence-corrected chi connectivity index (χ0v) is 8.26. The third kappa shape index (κ3) is 4.34. The average molecular weight is 172 g/mol. The van der Waals surface area contributed by atoms with Crippen LogP contribution in [-0.2, 0) is 4.79 Å². The summed E-state index contributed by atoms with van der Waals surface area (Å²) >= 11 is 0. The van der Waals surface area contributed by atoms with Gasteiger partial charge < -0.3 is 11.1 Å². The average Bonchev–Trinajstić information content (AvgIpc) is 2.03. The van der Waals surface area contributed by atoms with Crippen molar-refractivity contribution in [2.45, 2.75) is 39.7 Å². The van der Waals surface area contributed by atoms with Gasteiger partial charge in [0.2, 0.25) is 5.91 Å². The van der Waals surface area contributed by atoms with Crippen molar-refractivity contribution in [3.63, 3.8) is 0 Å². The van der Waals surface area contributed by atoms with Crippen LogP contribution in [0.25, 0.3) is 0 Å². The van der Waals surface area contributed by atoms with Gasteiger partial charge in [0.1, 0.15) is 0 Å². The molecule has 3 heteroatoms. The number of hydrogen-bond donors (Lipinski definition) is 2. The normalized spacial score (nSPS) is 15.3. The van der Waals surface area contributed by atoms with E-state index < -0.39 is 0 Å². The first-order valence-electron chi connectivity index (χ1n) is 4.62. The number of rotatable bonds is 5. The summed E-state index contributed by atoms with van der Waals surface area (Å²) in [6, 6.07) is 0.205. The minimum absolute atomic E-state index is 0.116. The highest BCUT2D eigenvalue weighted by molar-refractivity contribution is 5.78. The van der Waals surface area contributed by atoms with Gasteiger partial charge in [0.15, 0.2) is 0 Å². The monoisotopic (exact) mass is 172 g/mol. The standard InChI is InChI=1S/C9H20N2O/c1-4-7(2)9(12)11-8(3)5-6-10/h7-8H,4-6,10H2,1-3H3,(H,11,12). The van der Waals surface area contributed by atoms with Crippen LogP contribution in [0.15, 0.2) is 0 Å². The Balaban J connectivity index is 3.67. The van der Waals surface area contributed by atoms with E-state index in [1.807, 2.05) is 20.8 Å². The Kier molecular flexibility index (Phi) is 5.72. The molecule has 0 aromatic rings. The summed E-state index contributed by atoms with van der Waals surface area (Å²) in [7, 11) is 0. The van der Waals surface area contributed by atoms with E-state index in [0.717, 1.165) is 12.8 Å². The van der Waals surface area contributed by atoms with E-state index in [1.54, 1.807) is 0 Å². The molecule has 2 atom stereocenters. The van der Waals surface area contributed by atoms with Crippen molar-refractivity contribution < 1.29 is 4.79 Å². The van der Waals surface area contributed by atoms with Gasteiger partial charge in [0.25, 0.3) is 0 Å². The molecular formula is C9H20N2O. The highest BCUT2D eigenvalue weighted by Crippen LogP contribution is 2.01. The molecule has 0 aliphatic rings. The zero-order valence-electron chi connectivity index (χ0n) is 8.26. The molecule has 0 aliphatic carbocycles. The topological polar surface area (TPSA) is 55.1 Å². The molecule has 0 aromatic heterocycles. The molecule has 72 valence electrons. The molecule has 0 fully saturated rings. The molecule has 2 unspecified atom stereocenters. The molecule has 1 amide bonds. The van der Waals surface area contributed by atoms with Gasteiger partial charge >= 0.3 is 0 Å². The molecule has 0 saturated carbocycles. The van der Waals surface area contributed by atoms with Gasteiger partial charge in [-0.1, -0.05) is 13.8 Å². The van der Waals surface area contributed by atoms with Crippen molar-refractivity contribution in [2.75, 3.05) is 6.54 Å². The predicted molar refractivity (Wildman–Crippen MR) is 50.7 cm³/mol. The van der Waals surface area contributed by atoms with Crippen LogP contribution in [0.4, 0.5) is 0 Å². The minimum atomic E-state index is 0.116. The zero-order chi connectivity index (χ0) is 9.56. The fourth-order valence-corrected chi connectivity index (χ4v) is 0.893. The van der Waals surface area contributed by atoms with Gasteiger partial charge in [-0.15, -0.1) is 0 Å². The van der Waals surface area contributed by atoms with Crippen LogP contribution in [0.3, 0.4) is 0 Å². The molecule has 0 aromatic carbocycles. The Bertz CT molecular complexity index is 136. The fourth-order valence-electron chi connectivity index (χ4n) is 0.893. The molecule has 3 N–H and O–H groups in total. The second kappa shape index (κ2) is 6.00. The Morgan fingerprint density at radius 2 is 2.08 bits per heavy atom. The van der Waals surface area contributed by atoms with Gasteiger partial charge in [-0.3, -0.25) is 4.79 Å². The van der Waals surface area contributed by atoms with E-state index in [0.29, 0.717) is 6.54 Å². The molecule has 0 rings (SSSR count). The summed E-state index contributed by atoms with van der Waals surface area (Å²) in [5, 5.41) is 2.91. The third-order valence-electron chi connectivity index (χ3n) is 2.05. The maximum atomic E-state index is 11.3. The summed E-state index contributed by atoms with van der Waals surface area (Å²) in [6.07, 6.45) is 1.74. The van der Waals surface area contributed by atoms with E-state index in [-0.39, 0.29) is 17.9 Å². The molecule has 0 heterocycles. The van der Waals surface area contributed by atoms with Crippen LogP contribution in [0, 0.1) is 5.92 Å². The number of hydrogen-bond acceptors (Lipinski definition) is 2. The summed E-state index contributed by atoms with van der Waals surface area (Å²) in [5.74, 6) is 0.253. The second-order valence-electron chi connectivity index (χ2n) is 3.30. The van der Waals surface area contributed by atoms with Gasteiger partial charge in [-0.2, -0.15) is 0 Å². The maximum absolute atomic E-state index is 11.3. The van der Waals surface area contributed by atoms with E-state index in [2.05, 4.69) is 5.32 Å². The lowest BCUT2D eigenvalue weighted by molar-refractivity contribution is -0.125. The van der Waals surface area contributed by atoms with Crippen LogP contribution in [0.1, 0.15) is 33.6 Å². The first-order valence-corrected chi connectivity index (χ1v) is 4.62. The van der Waals surface area contributed by atoms with Gasteiger partial charge in [-0.25, -0.2) is 0 Å². The van der Waals surface area contributed by atoms with Crippen LogP contribution in [0.5, 0.6) is 0 Å². The summed E-state index contributed by atoms with van der Waals surface area (Å²) in [4.78, 5) is 11.3. The quantitative estimate of drug-likeness (QED) is 0.647. The van der Waals surface area contributed by atoms with E-state index in [9.17, 15) is 4.79 Å². The number of nitrogens with two attached hydrogens (primary N) is 1. The van der Waals surface area contributed by atoms with Gasteiger partial charge in [-0.05, 0) is 26.3 Å². The molecule has 3 nitrogen and oxygen atoms in total. The number of carbonyl (C=O) groups excluding carboxylic acids is 1. The highest BCUT2D eigenvalue weighted by Gasteiger charge is 2.12. The third-order valence-corrected chi connectivity index (χ3v) is 2.05. The van der Waals surface area contributed by atoms with Crippen LogP contribution in [0.2, 0.25) is 0 Å². The molecule has 0 spiro atoms. The molecule has 0 bridgehead atoms. The Labute approximate surface area is 74.7 Å². The first kappa shape index (κ1) is 11.4. The van der Waals surface area contributed by atoms with E-state index >= 15 is 0 Å². The largest absolute Gasteiger partial charge is 0.353 e. The van der Waals surface area contributed by atoms with Gasteiger partial charge in [0, 0.05) is 12.0 Å². The summed E-state index contributed by atoms with van der Waals surface area (Å²) < 4.78 is 0. The first-order chi connectivity index (χ1) is 5.61. The molecule has 0 aliphatic heterocycles. The predicted octanol–water partition coefficient (Wildman–Crippen LogP) is 0.886. The van der Waals surface area contributed by atoms with Gasteiger partial charge in [0.05, 0.1) is 0 Å². The van der Waals surface area contributed by atoms with Crippen LogP contribution >= 0.6 is 0 Å². The van der Waals surface area contributed by atoms with Crippen molar-refractivity contribution in [1.29, 1.82) is 0 Å². The number of carbonyl (C=O) groups is 1. The fraction of sp³-hybridized carbons (Fsp3) is 0.889. The Morgan fingerprint density at radius 1 is 1.50 bits per heavy atom. The maximum Gasteiger partial charge on any atom is 0.223 e. The van der Waals surface area contributed by atoms with E-state index in [4.69, 9.17) is 5.73 Å². The lowest BCUT2D eigenvalue weighted by Crippen LogP contribution is -2.37. The highest BCUT2D eigenvalue weighted by atomic mass is 16.1. The van der Waals surface area contributed by atoms with Crippen LogP contribution in [-0.4, -0.2) is 18.5 Å². The van der Waals surface area contributed by atoms with Crippen molar-refractivity contribution in [1.82, 2.24) is 5.32 Å². The second-order valence-corrected chi connectivity index (χ2v) is 3.30. The Morgan fingerprint density at radius 3 is 2.50 bits per heavy atom. The molecule has 0 saturated heterocycles. The number of amides is 1. The van der Waals surface area contributed by atoms with Crippen molar-refractivity contribution in [3.8, 4) is 0 Å². The van der Waals surface area contributed by atoms with Crippen molar-refractivity contribution in [3.05, 3.63) is 0 Å². The van der Waals surface area contributed by atoms with Crippen molar-refractivity contribution >= 4 is 5.91 Å². The summed E-state index contributed by atoms with van der Waals surface area (Å²) in [5.41, 5.74) is 5.36. The molecular weight excluding hydrogens is 152 g/mol. The Hall–Kier alpha value is -0.570. The van der Waals surface area contributed by atoms with E-state index in [1.165, 1.54) is 0 Å². The molecule has 12 heavy (non-hydrogen) atoms. The molecule has 0 radical (unpaired) electrons. The smallest absolute Gasteiger partial charge is 0.223 e.